The molecule has 0 aliphatic carbocycles. The lowest BCUT2D eigenvalue weighted by atomic mass is 9.90. The van der Waals surface area contributed by atoms with Gasteiger partial charge in [0, 0.05) is 13.1 Å². The fraction of sp³-hybridized carbons (Fsp3) is 0.529. The number of hydrogen-bond donors (Lipinski definition) is 1. The number of likely N-dealkylation sites (tertiary alicyclic amines) is 1. The Bertz CT molecular complexity index is 557. The maximum Gasteiger partial charge on any atom is 0.311 e. The van der Waals surface area contributed by atoms with Crippen molar-refractivity contribution in [1.82, 2.24) is 4.90 Å². The molecule has 1 N–H and O–H groups in total. The first-order chi connectivity index (χ1) is 10.4. The van der Waals surface area contributed by atoms with Gasteiger partial charge >= 0.3 is 5.97 Å². The zero-order valence-corrected chi connectivity index (χ0v) is 13.2. The second-order valence-corrected chi connectivity index (χ2v) is 6.10. The molecule has 0 spiro atoms. The Kier molecular flexibility index (Phi) is 5.06. The van der Waals surface area contributed by atoms with Crippen molar-refractivity contribution in [1.29, 1.82) is 0 Å². The van der Waals surface area contributed by atoms with Crippen LogP contribution in [-0.2, 0) is 16.0 Å². The summed E-state index contributed by atoms with van der Waals surface area (Å²) in [5, 5.41) is 9.23. The summed E-state index contributed by atoms with van der Waals surface area (Å²) < 4.78 is 5.56. The Balaban J connectivity index is 1.96. The Morgan fingerprint density at radius 2 is 2.18 bits per heavy atom. The standard InChI is InChI=1S/C17H23NO4/c1-3-9-22-14-6-4-5-13(10-14)11-15(19)18-8-7-17(2,12-18)16(20)21/h4-6,10H,3,7-9,11-12H2,1-2H3,(H,20,21). The smallest absolute Gasteiger partial charge is 0.311 e. The summed E-state index contributed by atoms with van der Waals surface area (Å²) in [6.45, 7) is 5.18. The van der Waals surface area contributed by atoms with Crippen molar-refractivity contribution < 1.29 is 19.4 Å². The van der Waals surface area contributed by atoms with Gasteiger partial charge in [0.1, 0.15) is 5.75 Å². The minimum absolute atomic E-state index is 0.0300. The average Bonchev–Trinajstić information content (AvgIpc) is 2.90. The van der Waals surface area contributed by atoms with E-state index < -0.39 is 11.4 Å². The second-order valence-electron chi connectivity index (χ2n) is 6.10. The van der Waals surface area contributed by atoms with E-state index in [0.717, 1.165) is 17.7 Å². The van der Waals surface area contributed by atoms with Crippen LogP contribution in [0.4, 0.5) is 0 Å². The summed E-state index contributed by atoms with van der Waals surface area (Å²) in [7, 11) is 0. The van der Waals surface area contributed by atoms with Crippen LogP contribution >= 0.6 is 0 Å². The van der Waals surface area contributed by atoms with E-state index in [0.29, 0.717) is 19.6 Å². The average molecular weight is 305 g/mol. The van der Waals surface area contributed by atoms with Gasteiger partial charge in [0.05, 0.1) is 18.4 Å². The quantitative estimate of drug-likeness (QED) is 0.876. The van der Waals surface area contributed by atoms with Crippen LogP contribution in [0.5, 0.6) is 5.75 Å². The molecule has 5 nitrogen and oxygen atoms in total. The zero-order chi connectivity index (χ0) is 16.2. The number of aliphatic carboxylic acids is 1. The number of amides is 1. The van der Waals surface area contributed by atoms with E-state index in [9.17, 15) is 14.7 Å². The Hall–Kier alpha value is -2.04. The van der Waals surface area contributed by atoms with Crippen LogP contribution < -0.4 is 4.74 Å². The third-order valence-corrected chi connectivity index (χ3v) is 4.07. The fourth-order valence-corrected chi connectivity index (χ4v) is 2.60. The lowest BCUT2D eigenvalue weighted by Gasteiger charge is -2.20. The number of rotatable bonds is 6. The largest absolute Gasteiger partial charge is 0.494 e. The van der Waals surface area contributed by atoms with Gasteiger partial charge in [-0.15, -0.1) is 0 Å². The van der Waals surface area contributed by atoms with Gasteiger partial charge in [0.2, 0.25) is 5.91 Å². The van der Waals surface area contributed by atoms with E-state index in [1.165, 1.54) is 0 Å². The SMILES string of the molecule is CCCOc1cccc(CC(=O)N2CCC(C)(C(=O)O)C2)c1. The second kappa shape index (κ2) is 6.81. The van der Waals surface area contributed by atoms with Crippen LogP contribution in [0.3, 0.4) is 0 Å². The number of benzene rings is 1. The molecule has 1 aliphatic heterocycles. The highest BCUT2D eigenvalue weighted by atomic mass is 16.5. The van der Waals surface area contributed by atoms with Crippen LogP contribution in [0.15, 0.2) is 24.3 Å². The molecule has 1 fully saturated rings. The third-order valence-electron chi connectivity index (χ3n) is 4.07. The van der Waals surface area contributed by atoms with Crippen molar-refractivity contribution in [3.63, 3.8) is 0 Å². The lowest BCUT2D eigenvalue weighted by molar-refractivity contribution is -0.147. The first-order valence-electron chi connectivity index (χ1n) is 7.67. The van der Waals surface area contributed by atoms with Crippen molar-refractivity contribution in [2.24, 2.45) is 5.41 Å². The van der Waals surface area contributed by atoms with Gasteiger partial charge in [-0.05, 0) is 37.5 Å². The number of carboxylic acids is 1. The lowest BCUT2D eigenvalue weighted by Crippen LogP contribution is -2.35. The molecule has 1 amide bonds. The number of carbonyl (C=O) groups is 2. The van der Waals surface area contributed by atoms with Crippen LogP contribution in [-0.4, -0.2) is 41.6 Å². The van der Waals surface area contributed by atoms with Crippen LogP contribution in [0, 0.1) is 5.41 Å². The van der Waals surface area contributed by atoms with Gasteiger partial charge in [0.15, 0.2) is 0 Å². The third kappa shape index (κ3) is 3.78. The summed E-state index contributed by atoms with van der Waals surface area (Å²) in [4.78, 5) is 25.2. The van der Waals surface area contributed by atoms with E-state index in [2.05, 4.69) is 0 Å². The van der Waals surface area contributed by atoms with Gasteiger partial charge in [-0.1, -0.05) is 19.1 Å². The predicted octanol–water partition coefficient (Wildman–Crippen LogP) is 2.34. The molecule has 5 heteroatoms. The van der Waals surface area contributed by atoms with Crippen LogP contribution in [0.2, 0.25) is 0 Å². The molecule has 0 bridgehead atoms. The normalized spacial score (nSPS) is 20.9. The van der Waals surface area contributed by atoms with E-state index in [1.54, 1.807) is 11.8 Å². The Morgan fingerprint density at radius 3 is 2.82 bits per heavy atom. The Labute approximate surface area is 130 Å². The molecular weight excluding hydrogens is 282 g/mol. The molecule has 1 unspecified atom stereocenters. The molecule has 0 radical (unpaired) electrons. The molecule has 1 atom stereocenters. The molecule has 2 rings (SSSR count). The van der Waals surface area contributed by atoms with Gasteiger partial charge in [0.25, 0.3) is 0 Å². The number of carboxylic acid groups (broad SMARTS) is 1. The van der Waals surface area contributed by atoms with Crippen molar-refractivity contribution in [2.45, 2.75) is 33.1 Å². The highest BCUT2D eigenvalue weighted by Gasteiger charge is 2.41. The monoisotopic (exact) mass is 305 g/mol. The molecule has 1 aromatic carbocycles. The molecule has 0 saturated carbocycles. The Morgan fingerprint density at radius 1 is 1.41 bits per heavy atom. The minimum atomic E-state index is -0.835. The number of hydrogen-bond acceptors (Lipinski definition) is 3. The predicted molar refractivity (Wildman–Crippen MR) is 82.9 cm³/mol. The molecule has 1 aromatic rings. The van der Waals surface area contributed by atoms with Crippen LogP contribution in [0.25, 0.3) is 0 Å². The summed E-state index contributed by atoms with van der Waals surface area (Å²) in [6.07, 6.45) is 1.72. The van der Waals surface area contributed by atoms with E-state index >= 15 is 0 Å². The van der Waals surface area contributed by atoms with Gasteiger partial charge < -0.3 is 14.7 Å². The van der Waals surface area contributed by atoms with Crippen molar-refractivity contribution in [2.75, 3.05) is 19.7 Å². The van der Waals surface area contributed by atoms with Crippen LogP contribution in [0.1, 0.15) is 32.3 Å². The van der Waals surface area contributed by atoms with Crippen molar-refractivity contribution >= 4 is 11.9 Å². The van der Waals surface area contributed by atoms with Gasteiger partial charge in [-0.2, -0.15) is 0 Å². The molecule has 1 aliphatic rings. The number of carbonyl (C=O) groups excluding carboxylic acids is 1. The number of nitrogens with zero attached hydrogens (tertiary/aromatic N) is 1. The first kappa shape index (κ1) is 16.3. The molecular formula is C17H23NO4. The van der Waals surface area contributed by atoms with E-state index in [-0.39, 0.29) is 18.9 Å². The molecule has 1 saturated heterocycles. The first-order valence-corrected chi connectivity index (χ1v) is 7.67. The van der Waals surface area contributed by atoms with Crippen molar-refractivity contribution in [3.05, 3.63) is 29.8 Å². The molecule has 0 aromatic heterocycles. The van der Waals surface area contributed by atoms with Gasteiger partial charge in [-0.3, -0.25) is 9.59 Å². The molecule has 22 heavy (non-hydrogen) atoms. The van der Waals surface area contributed by atoms with E-state index in [1.807, 2.05) is 31.2 Å². The maximum absolute atomic E-state index is 12.3. The molecule has 1 heterocycles. The minimum Gasteiger partial charge on any atom is -0.494 e. The van der Waals surface area contributed by atoms with E-state index in [4.69, 9.17) is 4.74 Å². The molecule has 120 valence electrons. The zero-order valence-electron chi connectivity index (χ0n) is 13.2. The van der Waals surface area contributed by atoms with Crippen molar-refractivity contribution in [3.8, 4) is 5.75 Å². The highest BCUT2D eigenvalue weighted by Crippen LogP contribution is 2.30. The summed E-state index contributed by atoms with van der Waals surface area (Å²) in [5.74, 6) is -0.0978. The summed E-state index contributed by atoms with van der Waals surface area (Å²) in [5.41, 5.74) is 0.0735. The summed E-state index contributed by atoms with van der Waals surface area (Å²) in [6, 6.07) is 7.52. The maximum atomic E-state index is 12.3. The fourth-order valence-electron chi connectivity index (χ4n) is 2.60. The topological polar surface area (TPSA) is 66.8 Å². The summed E-state index contributed by atoms with van der Waals surface area (Å²) >= 11 is 0. The highest BCUT2D eigenvalue weighted by molar-refractivity contribution is 5.82. The number of ether oxygens (including phenoxy) is 1. The van der Waals surface area contributed by atoms with Gasteiger partial charge in [-0.25, -0.2) is 0 Å².